The van der Waals surface area contributed by atoms with E-state index in [1.165, 1.54) is 30.3 Å². The standard InChI is InChI=1S/C25H21F3N2O5S/c1-15-4-6-20(7-5-15)36(33,34)35-14-19(31)13-30-23(18-9-16(2)8-17(3)10-18)11-22(25(26,27)28)21(12-29)24(30)32/h4-11H,13-14H2,1-3H3. The van der Waals surface area contributed by atoms with Crippen LogP contribution < -0.4 is 5.56 Å². The Morgan fingerprint density at radius 1 is 1.00 bits per heavy atom. The predicted octanol–water partition coefficient (Wildman–Crippen LogP) is 4.31. The van der Waals surface area contributed by atoms with Gasteiger partial charge < -0.3 is 0 Å². The SMILES string of the molecule is Cc1ccc(S(=O)(=O)OCC(=O)Cn2c(-c3cc(C)cc(C)c3)cc(C(F)(F)F)c(C#N)c2=O)cc1. The molecular weight excluding hydrogens is 497 g/mol. The molecule has 11 heteroatoms. The van der Waals surface area contributed by atoms with Crippen LogP contribution in [0.5, 0.6) is 0 Å². The fourth-order valence-electron chi connectivity index (χ4n) is 3.63. The van der Waals surface area contributed by atoms with Crippen molar-refractivity contribution in [3.63, 3.8) is 0 Å². The van der Waals surface area contributed by atoms with Gasteiger partial charge in [-0.1, -0.05) is 34.9 Å². The molecule has 3 aromatic rings. The van der Waals surface area contributed by atoms with Gasteiger partial charge in [0.25, 0.3) is 15.7 Å². The van der Waals surface area contributed by atoms with E-state index in [1.54, 1.807) is 39.0 Å². The number of aryl methyl sites for hydroxylation is 3. The minimum atomic E-state index is -4.99. The minimum absolute atomic E-state index is 0.185. The summed E-state index contributed by atoms with van der Waals surface area (Å²) in [6.45, 7) is 3.41. The summed E-state index contributed by atoms with van der Waals surface area (Å²) in [6, 6.07) is 12.4. The molecule has 0 N–H and O–H groups in total. The fraction of sp³-hybridized carbons (Fsp3) is 0.240. The Bertz CT molecular complexity index is 1510. The van der Waals surface area contributed by atoms with Crippen molar-refractivity contribution in [2.24, 2.45) is 0 Å². The number of pyridine rings is 1. The topological polar surface area (TPSA) is 106 Å². The fourth-order valence-corrected chi connectivity index (χ4v) is 4.53. The number of nitrogens with zero attached hydrogens (tertiary/aromatic N) is 2. The largest absolute Gasteiger partial charge is 0.417 e. The summed E-state index contributed by atoms with van der Waals surface area (Å²) in [7, 11) is -4.30. The molecule has 3 rings (SSSR count). The number of hydrogen-bond donors (Lipinski definition) is 0. The van der Waals surface area contributed by atoms with Crippen molar-refractivity contribution in [1.29, 1.82) is 5.26 Å². The Morgan fingerprint density at radius 3 is 2.11 bits per heavy atom. The van der Waals surface area contributed by atoms with E-state index >= 15 is 0 Å². The number of ketones is 1. The molecule has 2 aromatic carbocycles. The van der Waals surface area contributed by atoms with E-state index in [9.17, 15) is 36.4 Å². The van der Waals surface area contributed by atoms with E-state index in [4.69, 9.17) is 4.18 Å². The number of aromatic nitrogens is 1. The molecule has 0 aliphatic carbocycles. The second kappa shape index (κ2) is 10.1. The van der Waals surface area contributed by atoms with Gasteiger partial charge in [0.05, 0.1) is 22.7 Å². The van der Waals surface area contributed by atoms with Crippen molar-refractivity contribution >= 4 is 15.9 Å². The van der Waals surface area contributed by atoms with Crippen LogP contribution in [0, 0.1) is 32.1 Å². The average molecular weight is 519 g/mol. The summed E-state index contributed by atoms with van der Waals surface area (Å²) in [5.41, 5.74) is -1.74. The van der Waals surface area contributed by atoms with Crippen LogP contribution in [0.15, 0.2) is 58.2 Å². The molecule has 1 aromatic heterocycles. The molecule has 0 fully saturated rings. The lowest BCUT2D eigenvalue weighted by Crippen LogP contribution is -2.32. The van der Waals surface area contributed by atoms with Gasteiger partial charge >= 0.3 is 6.18 Å². The van der Waals surface area contributed by atoms with Crippen LogP contribution in [0.25, 0.3) is 11.3 Å². The van der Waals surface area contributed by atoms with Gasteiger partial charge in [0.15, 0.2) is 5.78 Å². The molecule has 0 saturated carbocycles. The highest BCUT2D eigenvalue weighted by Crippen LogP contribution is 2.34. The maximum absolute atomic E-state index is 13.6. The lowest BCUT2D eigenvalue weighted by molar-refractivity contribution is -0.137. The van der Waals surface area contributed by atoms with Crippen molar-refractivity contribution in [2.45, 2.75) is 38.4 Å². The number of carbonyl (C=O) groups excluding carboxylic acids is 1. The number of alkyl halides is 3. The summed E-state index contributed by atoms with van der Waals surface area (Å²) >= 11 is 0. The van der Waals surface area contributed by atoms with Crippen LogP contribution in [0.3, 0.4) is 0 Å². The predicted molar refractivity (Wildman–Crippen MR) is 125 cm³/mol. The summed E-state index contributed by atoms with van der Waals surface area (Å²) < 4.78 is 71.2. The molecule has 0 radical (unpaired) electrons. The number of halogens is 3. The highest BCUT2D eigenvalue weighted by Gasteiger charge is 2.36. The Balaban J connectivity index is 2.03. The first-order valence-corrected chi connectivity index (χ1v) is 12.0. The number of Topliss-reactive ketones (excluding diaryl/α,β-unsaturated/α-hetero) is 1. The smallest absolute Gasteiger partial charge is 0.300 e. The molecule has 7 nitrogen and oxygen atoms in total. The van der Waals surface area contributed by atoms with Gasteiger partial charge in [-0.25, -0.2) is 0 Å². The average Bonchev–Trinajstić information content (AvgIpc) is 2.77. The highest BCUT2D eigenvalue weighted by molar-refractivity contribution is 7.86. The summed E-state index contributed by atoms with van der Waals surface area (Å²) in [6.07, 6.45) is -4.99. The monoisotopic (exact) mass is 518 g/mol. The second-order valence-electron chi connectivity index (χ2n) is 8.26. The molecule has 0 spiro atoms. The van der Waals surface area contributed by atoms with Crippen LogP contribution >= 0.6 is 0 Å². The minimum Gasteiger partial charge on any atom is -0.300 e. The molecule has 0 aliphatic rings. The third kappa shape index (κ3) is 5.90. The zero-order chi connectivity index (χ0) is 26.8. The molecule has 0 saturated heterocycles. The highest BCUT2D eigenvalue weighted by atomic mass is 32.2. The Labute approximate surface area is 205 Å². The molecule has 0 amide bonds. The van der Waals surface area contributed by atoms with E-state index < -0.39 is 51.9 Å². The Hall–Kier alpha value is -3.75. The first kappa shape index (κ1) is 26.8. The zero-order valence-electron chi connectivity index (χ0n) is 19.5. The van der Waals surface area contributed by atoms with Crippen molar-refractivity contribution < 1.29 is 30.6 Å². The second-order valence-corrected chi connectivity index (χ2v) is 9.88. The molecule has 1 heterocycles. The lowest BCUT2D eigenvalue weighted by Gasteiger charge is -2.18. The first-order chi connectivity index (χ1) is 16.7. The van der Waals surface area contributed by atoms with Crippen molar-refractivity contribution in [1.82, 2.24) is 4.57 Å². The summed E-state index contributed by atoms with van der Waals surface area (Å²) in [5.74, 6) is -0.901. The third-order valence-electron chi connectivity index (χ3n) is 5.25. The normalized spacial score (nSPS) is 11.8. The molecule has 0 unspecified atom stereocenters. The van der Waals surface area contributed by atoms with E-state index in [-0.39, 0.29) is 16.2 Å². The van der Waals surface area contributed by atoms with E-state index in [0.717, 1.165) is 10.1 Å². The van der Waals surface area contributed by atoms with Crippen LogP contribution in [-0.4, -0.2) is 25.4 Å². The molecule has 0 atom stereocenters. The number of nitriles is 1. The van der Waals surface area contributed by atoms with Gasteiger partial charge in [0.1, 0.15) is 18.2 Å². The maximum Gasteiger partial charge on any atom is 0.417 e. The number of benzene rings is 2. The quantitative estimate of drug-likeness (QED) is 0.432. The number of hydrogen-bond acceptors (Lipinski definition) is 6. The first-order valence-electron chi connectivity index (χ1n) is 10.5. The van der Waals surface area contributed by atoms with Crippen LogP contribution in [-0.2, 0) is 31.8 Å². The number of carbonyl (C=O) groups is 1. The Morgan fingerprint density at radius 2 is 1.58 bits per heavy atom. The molecule has 188 valence electrons. The lowest BCUT2D eigenvalue weighted by atomic mass is 10.0. The maximum atomic E-state index is 13.6. The summed E-state index contributed by atoms with van der Waals surface area (Å²) in [4.78, 5) is 25.4. The molecular formula is C25H21F3N2O5S. The van der Waals surface area contributed by atoms with Crippen molar-refractivity contribution in [3.8, 4) is 17.3 Å². The van der Waals surface area contributed by atoms with Crippen LogP contribution in [0.1, 0.15) is 27.8 Å². The van der Waals surface area contributed by atoms with Gasteiger partial charge in [0, 0.05) is 0 Å². The van der Waals surface area contributed by atoms with Crippen molar-refractivity contribution in [2.75, 3.05) is 6.61 Å². The van der Waals surface area contributed by atoms with Crippen LogP contribution in [0.2, 0.25) is 0 Å². The molecule has 36 heavy (non-hydrogen) atoms. The van der Waals surface area contributed by atoms with E-state index in [2.05, 4.69) is 0 Å². The molecule has 0 aliphatic heterocycles. The van der Waals surface area contributed by atoms with Gasteiger partial charge in [-0.05, 0) is 56.7 Å². The number of rotatable bonds is 7. The van der Waals surface area contributed by atoms with E-state index in [1.807, 2.05) is 0 Å². The van der Waals surface area contributed by atoms with Gasteiger partial charge in [-0.2, -0.15) is 26.9 Å². The van der Waals surface area contributed by atoms with Crippen molar-refractivity contribution in [3.05, 3.63) is 86.7 Å². The van der Waals surface area contributed by atoms with E-state index in [0.29, 0.717) is 17.2 Å². The van der Waals surface area contributed by atoms with Gasteiger partial charge in [-0.15, -0.1) is 0 Å². The third-order valence-corrected chi connectivity index (χ3v) is 6.53. The van der Waals surface area contributed by atoms with Crippen LogP contribution in [0.4, 0.5) is 13.2 Å². The van der Waals surface area contributed by atoms with Gasteiger partial charge in [-0.3, -0.25) is 18.3 Å². The zero-order valence-corrected chi connectivity index (χ0v) is 20.3. The summed E-state index contributed by atoms with van der Waals surface area (Å²) in [5, 5.41) is 9.27. The van der Waals surface area contributed by atoms with Gasteiger partial charge in [0.2, 0.25) is 0 Å². The molecule has 0 bridgehead atoms. The Kier molecular flexibility index (Phi) is 7.52.